The molecule has 0 fully saturated rings. The summed E-state index contributed by atoms with van der Waals surface area (Å²) in [7, 11) is 0. The standard InChI is InChI=1S/C9H15N/c1-3-6-9(2)7-4-5-8-10/h3-5,7-9H,1,6,10H2,2H3. The fourth-order valence-corrected chi connectivity index (χ4v) is 0.659. The Morgan fingerprint density at radius 2 is 2.20 bits per heavy atom. The first-order valence-corrected chi connectivity index (χ1v) is 3.47. The zero-order chi connectivity index (χ0) is 7.82. The summed E-state index contributed by atoms with van der Waals surface area (Å²) in [5, 5.41) is 0. The minimum absolute atomic E-state index is 0.564. The summed E-state index contributed by atoms with van der Waals surface area (Å²) in [5.74, 6) is 0.564. The zero-order valence-electron chi connectivity index (χ0n) is 6.46. The van der Waals surface area contributed by atoms with E-state index in [-0.39, 0.29) is 0 Å². The molecule has 0 aromatic rings. The van der Waals surface area contributed by atoms with Crippen LogP contribution in [0.15, 0.2) is 37.1 Å². The molecule has 0 aromatic heterocycles. The fraction of sp³-hybridized carbons (Fsp3) is 0.333. The predicted molar refractivity (Wildman–Crippen MR) is 46.4 cm³/mol. The average molecular weight is 137 g/mol. The lowest BCUT2D eigenvalue weighted by Gasteiger charge is -1.97. The van der Waals surface area contributed by atoms with Crippen molar-refractivity contribution in [1.82, 2.24) is 0 Å². The van der Waals surface area contributed by atoms with E-state index < -0.39 is 0 Å². The highest BCUT2D eigenvalue weighted by atomic mass is 14.5. The van der Waals surface area contributed by atoms with Gasteiger partial charge >= 0.3 is 0 Å². The third-order valence-corrected chi connectivity index (χ3v) is 1.20. The van der Waals surface area contributed by atoms with Gasteiger partial charge in [0, 0.05) is 0 Å². The van der Waals surface area contributed by atoms with E-state index in [0.717, 1.165) is 6.42 Å². The molecule has 1 heteroatoms. The van der Waals surface area contributed by atoms with Crippen molar-refractivity contribution in [3.05, 3.63) is 37.1 Å². The Balaban J connectivity index is 3.54. The first-order chi connectivity index (χ1) is 4.81. The van der Waals surface area contributed by atoms with Crippen molar-refractivity contribution in [2.75, 3.05) is 0 Å². The monoisotopic (exact) mass is 137 g/mol. The summed E-state index contributed by atoms with van der Waals surface area (Å²) < 4.78 is 0. The van der Waals surface area contributed by atoms with Crippen LogP contribution in [0, 0.1) is 5.92 Å². The van der Waals surface area contributed by atoms with Gasteiger partial charge < -0.3 is 5.73 Å². The first-order valence-electron chi connectivity index (χ1n) is 3.47. The van der Waals surface area contributed by atoms with Crippen molar-refractivity contribution in [1.29, 1.82) is 0 Å². The molecule has 0 aromatic carbocycles. The molecule has 0 rings (SSSR count). The van der Waals surface area contributed by atoms with Crippen LogP contribution in [0.5, 0.6) is 0 Å². The molecule has 0 bridgehead atoms. The van der Waals surface area contributed by atoms with Crippen LogP contribution in [-0.2, 0) is 0 Å². The molecule has 0 radical (unpaired) electrons. The van der Waals surface area contributed by atoms with Crippen molar-refractivity contribution in [3.63, 3.8) is 0 Å². The van der Waals surface area contributed by atoms with E-state index >= 15 is 0 Å². The van der Waals surface area contributed by atoms with Gasteiger partial charge in [-0.15, -0.1) is 6.58 Å². The van der Waals surface area contributed by atoms with Crippen LogP contribution in [0.3, 0.4) is 0 Å². The van der Waals surface area contributed by atoms with Gasteiger partial charge in [0.15, 0.2) is 0 Å². The fourth-order valence-electron chi connectivity index (χ4n) is 0.659. The van der Waals surface area contributed by atoms with E-state index in [0.29, 0.717) is 5.92 Å². The van der Waals surface area contributed by atoms with E-state index in [1.807, 2.05) is 18.2 Å². The molecule has 0 aliphatic heterocycles. The highest BCUT2D eigenvalue weighted by molar-refractivity contribution is 5.02. The van der Waals surface area contributed by atoms with Crippen molar-refractivity contribution in [3.8, 4) is 0 Å². The summed E-state index contributed by atoms with van der Waals surface area (Å²) >= 11 is 0. The lowest BCUT2D eigenvalue weighted by atomic mass is 10.1. The second-order valence-electron chi connectivity index (χ2n) is 2.27. The largest absolute Gasteiger partial charge is 0.405 e. The lowest BCUT2D eigenvalue weighted by Crippen LogP contribution is -1.84. The van der Waals surface area contributed by atoms with Crippen molar-refractivity contribution in [2.24, 2.45) is 11.7 Å². The quantitative estimate of drug-likeness (QED) is 0.466. The molecule has 1 unspecified atom stereocenters. The Kier molecular flexibility index (Phi) is 5.54. The van der Waals surface area contributed by atoms with E-state index in [9.17, 15) is 0 Å². The average Bonchev–Trinajstić information content (AvgIpc) is 1.89. The maximum Gasteiger partial charge on any atom is -0.00625 e. The first kappa shape index (κ1) is 9.02. The Morgan fingerprint density at radius 1 is 1.50 bits per heavy atom. The number of hydrogen-bond donors (Lipinski definition) is 1. The van der Waals surface area contributed by atoms with Crippen LogP contribution in [0.1, 0.15) is 13.3 Å². The molecule has 0 aliphatic carbocycles. The molecule has 0 spiro atoms. The van der Waals surface area contributed by atoms with E-state index in [2.05, 4.69) is 19.6 Å². The topological polar surface area (TPSA) is 26.0 Å². The van der Waals surface area contributed by atoms with Gasteiger partial charge in [-0.1, -0.05) is 25.2 Å². The molecule has 0 saturated carbocycles. The van der Waals surface area contributed by atoms with Gasteiger partial charge in [-0.3, -0.25) is 0 Å². The van der Waals surface area contributed by atoms with Crippen molar-refractivity contribution >= 4 is 0 Å². The van der Waals surface area contributed by atoms with E-state index in [1.54, 1.807) is 0 Å². The summed E-state index contributed by atoms with van der Waals surface area (Å²) in [6.45, 7) is 5.79. The lowest BCUT2D eigenvalue weighted by molar-refractivity contribution is 0.745. The molecular formula is C9H15N. The van der Waals surface area contributed by atoms with Gasteiger partial charge in [0.05, 0.1) is 0 Å². The Morgan fingerprint density at radius 3 is 2.70 bits per heavy atom. The number of allylic oxidation sites excluding steroid dienone is 4. The Hall–Kier alpha value is -0.980. The third kappa shape index (κ3) is 5.16. The normalized spacial score (nSPS) is 14.5. The van der Waals surface area contributed by atoms with E-state index in [1.165, 1.54) is 6.20 Å². The predicted octanol–water partition coefficient (Wildman–Crippen LogP) is 2.23. The van der Waals surface area contributed by atoms with Gasteiger partial charge in [-0.2, -0.15) is 0 Å². The zero-order valence-corrected chi connectivity index (χ0v) is 6.46. The van der Waals surface area contributed by atoms with E-state index in [4.69, 9.17) is 5.73 Å². The summed E-state index contributed by atoms with van der Waals surface area (Å²) in [6, 6.07) is 0. The van der Waals surface area contributed by atoms with Gasteiger partial charge in [0.25, 0.3) is 0 Å². The molecule has 56 valence electrons. The summed E-state index contributed by atoms with van der Waals surface area (Å²) in [4.78, 5) is 0. The molecule has 0 saturated heterocycles. The molecule has 0 amide bonds. The molecule has 2 N–H and O–H groups in total. The SMILES string of the molecule is C=CCC(C)C=CC=CN. The molecular weight excluding hydrogens is 122 g/mol. The minimum Gasteiger partial charge on any atom is -0.405 e. The van der Waals surface area contributed by atoms with Crippen LogP contribution in [0.4, 0.5) is 0 Å². The van der Waals surface area contributed by atoms with Crippen molar-refractivity contribution < 1.29 is 0 Å². The number of hydrogen-bond acceptors (Lipinski definition) is 1. The Labute approximate surface area is 62.9 Å². The smallest absolute Gasteiger partial charge is 0.00625 e. The molecule has 1 nitrogen and oxygen atoms in total. The molecule has 0 heterocycles. The maximum absolute atomic E-state index is 5.14. The van der Waals surface area contributed by atoms with Crippen LogP contribution in [0.25, 0.3) is 0 Å². The van der Waals surface area contributed by atoms with Gasteiger partial charge in [0.2, 0.25) is 0 Å². The molecule has 1 atom stereocenters. The maximum atomic E-state index is 5.14. The van der Waals surface area contributed by atoms with Gasteiger partial charge in [-0.05, 0) is 24.6 Å². The number of rotatable bonds is 4. The summed E-state index contributed by atoms with van der Waals surface area (Å²) in [6.07, 6.45) is 10.3. The highest BCUT2D eigenvalue weighted by Gasteiger charge is 1.88. The van der Waals surface area contributed by atoms with Crippen LogP contribution < -0.4 is 5.73 Å². The highest BCUT2D eigenvalue weighted by Crippen LogP contribution is 2.02. The van der Waals surface area contributed by atoms with Crippen LogP contribution >= 0.6 is 0 Å². The minimum atomic E-state index is 0.564. The van der Waals surface area contributed by atoms with Crippen LogP contribution in [-0.4, -0.2) is 0 Å². The van der Waals surface area contributed by atoms with Gasteiger partial charge in [-0.25, -0.2) is 0 Å². The third-order valence-electron chi connectivity index (χ3n) is 1.20. The van der Waals surface area contributed by atoms with Gasteiger partial charge in [0.1, 0.15) is 0 Å². The van der Waals surface area contributed by atoms with Crippen molar-refractivity contribution in [2.45, 2.75) is 13.3 Å². The number of nitrogens with two attached hydrogens (primary N) is 1. The Bertz CT molecular complexity index is 134. The summed E-state index contributed by atoms with van der Waals surface area (Å²) in [5.41, 5.74) is 5.14. The van der Waals surface area contributed by atoms with Crippen LogP contribution in [0.2, 0.25) is 0 Å². The molecule has 10 heavy (non-hydrogen) atoms. The second kappa shape index (κ2) is 6.14. The second-order valence-corrected chi connectivity index (χ2v) is 2.27. The molecule has 0 aliphatic rings.